The summed E-state index contributed by atoms with van der Waals surface area (Å²) in [6.45, 7) is 2.29. The molecule has 0 aliphatic carbocycles. The van der Waals surface area contributed by atoms with Crippen molar-refractivity contribution in [1.29, 1.82) is 10.5 Å². The van der Waals surface area contributed by atoms with Crippen LogP contribution in [0.3, 0.4) is 0 Å². The Labute approximate surface area is 389 Å². The fraction of sp³-hybridized carbons (Fsp3) is 0.345. The van der Waals surface area contributed by atoms with Gasteiger partial charge in [-0.15, -0.1) is 34.0 Å². The molecule has 320 valence electrons. The van der Waals surface area contributed by atoms with Gasteiger partial charge in [-0.25, -0.2) is 0 Å². The average molecular weight is 892 g/mol. The van der Waals surface area contributed by atoms with E-state index in [1.54, 1.807) is 34.0 Å². The van der Waals surface area contributed by atoms with Crippen LogP contribution in [0.4, 0.5) is 17.1 Å². The second kappa shape index (κ2) is 26.1. The molecule has 3 nitrogen and oxygen atoms in total. The van der Waals surface area contributed by atoms with E-state index < -0.39 is 0 Å². The average Bonchev–Trinajstić information content (AvgIpc) is 4.12. The lowest BCUT2D eigenvalue weighted by atomic mass is 10.0. The summed E-state index contributed by atoms with van der Waals surface area (Å²) in [7, 11) is 0. The molecule has 62 heavy (non-hydrogen) atoms. The SMILES string of the molecule is CCCCCCCCCCCCCCCCCCc1ccc(N(c2ccc(-c3ccc(/C=C(\C#N)CS)s3)cc2)c2ccc(-c3ccc(/C=C(\C#N)c4cccs4)s3)cc2)cc1. The molecule has 0 bridgehead atoms. The quantitative estimate of drug-likeness (QED) is 0.0335. The maximum Gasteiger partial charge on any atom is 0.101 e. The van der Waals surface area contributed by atoms with Gasteiger partial charge in [0.15, 0.2) is 0 Å². The van der Waals surface area contributed by atoms with E-state index in [2.05, 4.69) is 134 Å². The molecule has 0 spiro atoms. The summed E-state index contributed by atoms with van der Waals surface area (Å²) >= 11 is 9.27. The molecular weight excluding hydrogens is 831 g/mol. The minimum absolute atomic E-state index is 0.431. The normalized spacial score (nSPS) is 11.7. The summed E-state index contributed by atoms with van der Waals surface area (Å²) < 4.78 is 0. The van der Waals surface area contributed by atoms with Gasteiger partial charge in [-0.1, -0.05) is 146 Å². The molecule has 0 unspecified atom stereocenters. The Morgan fingerprint density at radius 2 is 1.02 bits per heavy atom. The number of nitriles is 2. The Bertz CT molecular complexity index is 2350. The van der Waals surface area contributed by atoms with Crippen molar-refractivity contribution >= 4 is 81.4 Å². The zero-order valence-corrected chi connectivity index (χ0v) is 39.7. The van der Waals surface area contributed by atoms with Gasteiger partial charge in [0.25, 0.3) is 0 Å². The molecule has 0 atom stereocenters. The number of benzene rings is 3. The highest BCUT2D eigenvalue weighted by Crippen LogP contribution is 2.39. The molecule has 0 fully saturated rings. The van der Waals surface area contributed by atoms with Crippen molar-refractivity contribution in [1.82, 2.24) is 0 Å². The number of anilines is 3. The Morgan fingerprint density at radius 3 is 1.45 bits per heavy atom. The second-order valence-electron chi connectivity index (χ2n) is 16.1. The van der Waals surface area contributed by atoms with Crippen LogP contribution in [0.1, 0.15) is 130 Å². The molecule has 0 saturated heterocycles. The highest BCUT2D eigenvalue weighted by Gasteiger charge is 2.15. The van der Waals surface area contributed by atoms with Gasteiger partial charge in [0.1, 0.15) is 6.07 Å². The Morgan fingerprint density at radius 1 is 0.548 bits per heavy atom. The lowest BCUT2D eigenvalue weighted by molar-refractivity contribution is 0.529. The van der Waals surface area contributed by atoms with E-state index in [1.165, 1.54) is 113 Å². The van der Waals surface area contributed by atoms with Gasteiger partial charge >= 0.3 is 0 Å². The van der Waals surface area contributed by atoms with Crippen LogP contribution in [0.2, 0.25) is 0 Å². The maximum atomic E-state index is 9.79. The topological polar surface area (TPSA) is 50.8 Å². The molecule has 0 saturated carbocycles. The van der Waals surface area contributed by atoms with Crippen LogP contribution >= 0.6 is 46.6 Å². The summed E-state index contributed by atoms with van der Waals surface area (Å²) in [4.78, 5) is 7.78. The number of hydrogen-bond donors (Lipinski definition) is 1. The van der Waals surface area contributed by atoms with E-state index >= 15 is 0 Å². The molecule has 6 rings (SSSR count). The van der Waals surface area contributed by atoms with Crippen molar-refractivity contribution in [2.75, 3.05) is 10.7 Å². The zero-order valence-electron chi connectivity index (χ0n) is 36.4. The van der Waals surface area contributed by atoms with Crippen LogP contribution < -0.4 is 4.90 Å². The van der Waals surface area contributed by atoms with Crippen molar-refractivity contribution in [3.8, 4) is 33.0 Å². The van der Waals surface area contributed by atoms with Gasteiger partial charge in [-0.05, 0) is 114 Å². The third-order valence-electron chi connectivity index (χ3n) is 11.4. The zero-order chi connectivity index (χ0) is 43.2. The maximum absolute atomic E-state index is 9.79. The molecule has 0 amide bonds. The Kier molecular flexibility index (Phi) is 19.7. The van der Waals surface area contributed by atoms with E-state index in [1.807, 2.05) is 29.7 Å². The van der Waals surface area contributed by atoms with Crippen LogP contribution in [-0.4, -0.2) is 5.75 Å². The molecule has 6 aromatic rings. The summed E-state index contributed by atoms with van der Waals surface area (Å²) in [6, 6.07) is 43.8. The number of aryl methyl sites for hydroxylation is 1. The van der Waals surface area contributed by atoms with Gasteiger partial charge < -0.3 is 4.90 Å². The van der Waals surface area contributed by atoms with Gasteiger partial charge in [0, 0.05) is 52.8 Å². The van der Waals surface area contributed by atoms with E-state index in [9.17, 15) is 10.5 Å². The molecule has 7 heteroatoms. The van der Waals surface area contributed by atoms with Crippen LogP contribution in [0, 0.1) is 22.7 Å². The van der Waals surface area contributed by atoms with Crippen LogP contribution in [0.25, 0.3) is 38.6 Å². The first-order chi connectivity index (χ1) is 30.6. The van der Waals surface area contributed by atoms with Crippen molar-refractivity contribution < 1.29 is 0 Å². The largest absolute Gasteiger partial charge is 0.311 e. The summed E-state index contributed by atoms with van der Waals surface area (Å²) in [5, 5.41) is 21.2. The summed E-state index contributed by atoms with van der Waals surface area (Å²) in [5.41, 5.74) is 8.35. The third kappa shape index (κ3) is 14.5. The Balaban J connectivity index is 1.07. The lowest BCUT2D eigenvalue weighted by Crippen LogP contribution is -2.10. The molecule has 0 radical (unpaired) electrons. The summed E-state index contributed by atoms with van der Waals surface area (Å²) in [6.07, 6.45) is 27.3. The first kappa shape index (κ1) is 46.9. The number of rotatable bonds is 26. The smallest absolute Gasteiger partial charge is 0.101 e. The number of allylic oxidation sites excluding steroid dienone is 1. The molecule has 3 aromatic heterocycles. The van der Waals surface area contributed by atoms with Gasteiger partial charge in [-0.3, -0.25) is 0 Å². The number of nitrogens with zero attached hydrogens (tertiary/aromatic N) is 3. The predicted molar refractivity (Wildman–Crippen MR) is 276 cm³/mol. The molecule has 3 aromatic carbocycles. The van der Waals surface area contributed by atoms with E-state index in [-0.39, 0.29) is 0 Å². The summed E-state index contributed by atoms with van der Waals surface area (Å²) in [5.74, 6) is 0.431. The van der Waals surface area contributed by atoms with Crippen molar-refractivity contribution in [2.24, 2.45) is 0 Å². The van der Waals surface area contributed by atoms with Crippen molar-refractivity contribution in [2.45, 2.75) is 116 Å². The standard InChI is InChI=1S/C55H61N3S4/c1-2-3-4-5-6-7-8-9-10-11-12-13-14-15-16-17-19-43-21-27-48(28-22-43)58(49-29-23-45(24-30-49)54-35-33-51(61-54)38-44(40-56)42-59)50-31-25-46(26-32-50)55-36-34-52(62-55)39-47(41-57)53-20-18-37-60-53/h18,20-39,59H,2-17,19,42H2,1H3/b44-38+,47-39+. The van der Waals surface area contributed by atoms with Crippen LogP contribution in [0.5, 0.6) is 0 Å². The van der Waals surface area contributed by atoms with Crippen LogP contribution in [0.15, 0.2) is 120 Å². The van der Waals surface area contributed by atoms with Crippen LogP contribution in [-0.2, 0) is 6.42 Å². The first-order valence-corrected chi connectivity index (χ1v) is 25.9. The van der Waals surface area contributed by atoms with Crippen molar-refractivity contribution in [3.05, 3.63) is 140 Å². The Hall–Kier alpha value is -4.63. The first-order valence-electron chi connectivity index (χ1n) is 22.8. The molecular formula is C55H61N3S4. The molecule has 0 N–H and O–H groups in total. The highest BCUT2D eigenvalue weighted by molar-refractivity contribution is 7.80. The number of unbranched alkanes of at least 4 members (excludes halogenated alkanes) is 15. The molecule has 0 aliphatic rings. The highest BCUT2D eigenvalue weighted by atomic mass is 32.1. The predicted octanol–water partition coefficient (Wildman–Crippen LogP) is 18.4. The lowest BCUT2D eigenvalue weighted by Gasteiger charge is -2.26. The van der Waals surface area contributed by atoms with Crippen molar-refractivity contribution in [3.63, 3.8) is 0 Å². The third-order valence-corrected chi connectivity index (χ3v) is 14.8. The van der Waals surface area contributed by atoms with E-state index in [0.717, 1.165) is 54.1 Å². The fourth-order valence-electron chi connectivity index (χ4n) is 7.87. The number of hydrogen-bond acceptors (Lipinski definition) is 7. The van der Waals surface area contributed by atoms with E-state index in [4.69, 9.17) is 0 Å². The fourth-order valence-corrected chi connectivity index (χ4v) is 10.7. The van der Waals surface area contributed by atoms with Gasteiger partial charge in [0.2, 0.25) is 0 Å². The van der Waals surface area contributed by atoms with E-state index in [0.29, 0.717) is 16.9 Å². The monoisotopic (exact) mass is 891 g/mol. The van der Waals surface area contributed by atoms with Gasteiger partial charge in [0.05, 0.1) is 11.6 Å². The minimum atomic E-state index is 0.431. The van der Waals surface area contributed by atoms with Gasteiger partial charge in [-0.2, -0.15) is 23.2 Å². The molecule has 0 aliphatic heterocycles. The minimum Gasteiger partial charge on any atom is -0.311 e. The molecule has 3 heterocycles. The number of thiophene rings is 3. The second-order valence-corrected chi connectivity index (χ2v) is 19.6. The number of thiol groups is 1.